The number of benzene rings is 3. The molecule has 0 amide bonds. The van der Waals surface area contributed by atoms with Gasteiger partial charge in [-0.15, -0.1) is 0 Å². The van der Waals surface area contributed by atoms with Gasteiger partial charge in [-0.2, -0.15) is 0 Å². The van der Waals surface area contributed by atoms with Crippen LogP contribution in [0.15, 0.2) is 77.6 Å². The van der Waals surface area contributed by atoms with E-state index in [1.165, 1.54) is 23.5 Å². The van der Waals surface area contributed by atoms with Crippen molar-refractivity contribution in [2.24, 2.45) is 0 Å². The molecule has 0 saturated carbocycles. The van der Waals surface area contributed by atoms with Gasteiger partial charge in [0, 0.05) is 0 Å². The van der Waals surface area contributed by atoms with Gasteiger partial charge in [-0.1, -0.05) is 47.7 Å². The summed E-state index contributed by atoms with van der Waals surface area (Å²) in [5, 5.41) is 0. The molecular weight excluding hydrogens is 387 g/mol. The number of fused-ring (bicyclic) bond motifs is 3. The summed E-state index contributed by atoms with van der Waals surface area (Å²) in [7, 11) is 0. The van der Waals surface area contributed by atoms with Crippen molar-refractivity contribution in [2.75, 3.05) is 0 Å². The second kappa shape index (κ2) is 7.14. The highest BCUT2D eigenvalue weighted by atomic mass is 32.1. The molecule has 5 rings (SSSR count). The van der Waals surface area contributed by atoms with Gasteiger partial charge >= 0.3 is 0 Å². The fourth-order valence-electron chi connectivity index (χ4n) is 3.22. The van der Waals surface area contributed by atoms with Crippen molar-refractivity contribution in [3.8, 4) is 5.75 Å². The Morgan fingerprint density at radius 2 is 1.86 bits per heavy atom. The summed E-state index contributed by atoms with van der Waals surface area (Å²) < 4.78 is 21.2. The molecule has 0 spiro atoms. The van der Waals surface area contributed by atoms with Crippen LogP contribution in [0.4, 0.5) is 4.39 Å². The number of ether oxygens (including phenoxy) is 1. The Balaban J connectivity index is 1.41. The van der Waals surface area contributed by atoms with Crippen molar-refractivity contribution in [3.63, 3.8) is 0 Å². The summed E-state index contributed by atoms with van der Waals surface area (Å²) in [6.07, 6.45) is 1.85. The van der Waals surface area contributed by atoms with Crippen LogP contribution in [0, 0.1) is 5.82 Å². The predicted octanol–water partition coefficient (Wildman–Crippen LogP) is 4.18. The van der Waals surface area contributed by atoms with Crippen molar-refractivity contribution >= 4 is 33.4 Å². The van der Waals surface area contributed by atoms with E-state index in [1.807, 2.05) is 60.7 Å². The standard InChI is InChI=1S/C23H15FN2O2S/c24-17-5-3-4-16(12-17)14-28-18-10-8-15(9-11-18)13-21-22(27)26-20-7-2-1-6-19(20)25-23(26)29-21/h1-13H,14H2. The van der Waals surface area contributed by atoms with Crippen molar-refractivity contribution in [2.45, 2.75) is 6.61 Å². The Hall–Kier alpha value is -3.51. The zero-order valence-electron chi connectivity index (χ0n) is 15.2. The van der Waals surface area contributed by atoms with E-state index >= 15 is 0 Å². The monoisotopic (exact) mass is 402 g/mol. The molecule has 0 unspecified atom stereocenters. The predicted molar refractivity (Wildman–Crippen MR) is 113 cm³/mol. The number of imidazole rings is 1. The fourth-order valence-corrected chi connectivity index (χ4v) is 4.20. The summed E-state index contributed by atoms with van der Waals surface area (Å²) in [6.45, 7) is 0.292. The quantitative estimate of drug-likeness (QED) is 0.453. The van der Waals surface area contributed by atoms with E-state index in [0.29, 0.717) is 21.8 Å². The van der Waals surface area contributed by atoms with Crippen molar-refractivity contribution in [1.82, 2.24) is 9.38 Å². The minimum absolute atomic E-state index is 0.0647. The van der Waals surface area contributed by atoms with Gasteiger partial charge in [0.05, 0.1) is 15.6 Å². The van der Waals surface area contributed by atoms with Crippen LogP contribution >= 0.6 is 11.3 Å². The molecule has 0 bridgehead atoms. The van der Waals surface area contributed by atoms with E-state index in [4.69, 9.17) is 4.74 Å². The van der Waals surface area contributed by atoms with Gasteiger partial charge < -0.3 is 4.74 Å². The number of thiazole rings is 1. The minimum Gasteiger partial charge on any atom is -0.489 e. The summed E-state index contributed by atoms with van der Waals surface area (Å²) >= 11 is 1.37. The lowest BCUT2D eigenvalue weighted by atomic mass is 10.2. The maximum Gasteiger partial charge on any atom is 0.274 e. The number of aromatic nitrogens is 2. The lowest BCUT2D eigenvalue weighted by Crippen LogP contribution is -2.22. The summed E-state index contributed by atoms with van der Waals surface area (Å²) in [5.74, 6) is 0.403. The molecule has 0 aliphatic rings. The zero-order valence-corrected chi connectivity index (χ0v) is 16.0. The van der Waals surface area contributed by atoms with Crippen LogP contribution in [0.2, 0.25) is 0 Å². The van der Waals surface area contributed by atoms with Crippen molar-refractivity contribution in [3.05, 3.63) is 105 Å². The number of halogens is 1. The molecule has 6 heteroatoms. The normalized spacial score (nSPS) is 12.1. The van der Waals surface area contributed by atoms with Gasteiger partial charge in [-0.3, -0.25) is 4.79 Å². The average molecular weight is 402 g/mol. The third-order valence-electron chi connectivity index (χ3n) is 4.62. The van der Waals surface area contributed by atoms with Crippen LogP contribution in [0.3, 0.4) is 0 Å². The van der Waals surface area contributed by atoms with Crippen molar-refractivity contribution in [1.29, 1.82) is 0 Å². The minimum atomic E-state index is -0.278. The lowest BCUT2D eigenvalue weighted by molar-refractivity contribution is 0.305. The van der Waals surface area contributed by atoms with Gasteiger partial charge in [-0.25, -0.2) is 13.8 Å². The van der Waals surface area contributed by atoms with Crippen molar-refractivity contribution < 1.29 is 9.13 Å². The average Bonchev–Trinajstić information content (AvgIpc) is 3.24. The Labute approximate surface area is 169 Å². The molecule has 0 fully saturated rings. The summed E-state index contributed by atoms with van der Waals surface area (Å²) in [4.78, 5) is 18.0. The molecule has 5 aromatic rings. The third kappa shape index (κ3) is 3.39. The topological polar surface area (TPSA) is 43.6 Å². The summed E-state index contributed by atoms with van der Waals surface area (Å²) in [5.41, 5.74) is 3.25. The number of para-hydroxylation sites is 2. The first-order chi connectivity index (χ1) is 14.2. The van der Waals surface area contributed by atoms with E-state index in [9.17, 15) is 9.18 Å². The molecule has 0 aliphatic carbocycles. The zero-order chi connectivity index (χ0) is 19.8. The van der Waals surface area contributed by atoms with Crippen LogP contribution in [0.25, 0.3) is 22.1 Å². The largest absolute Gasteiger partial charge is 0.489 e. The summed E-state index contributed by atoms with van der Waals surface area (Å²) in [6, 6.07) is 21.4. The first-order valence-electron chi connectivity index (χ1n) is 9.06. The van der Waals surface area contributed by atoms with Crippen LogP contribution in [-0.4, -0.2) is 9.38 Å². The molecule has 2 heterocycles. The van der Waals surface area contributed by atoms with Crippen LogP contribution in [0.5, 0.6) is 5.75 Å². The molecule has 4 nitrogen and oxygen atoms in total. The van der Waals surface area contributed by atoms with Gasteiger partial charge in [0.2, 0.25) is 0 Å². The van der Waals surface area contributed by atoms with E-state index < -0.39 is 0 Å². The highest BCUT2D eigenvalue weighted by molar-refractivity contribution is 7.15. The second-order valence-corrected chi connectivity index (χ2v) is 7.63. The second-order valence-electron chi connectivity index (χ2n) is 6.62. The number of hydrogen-bond donors (Lipinski definition) is 0. The van der Waals surface area contributed by atoms with E-state index in [2.05, 4.69) is 4.98 Å². The highest BCUT2D eigenvalue weighted by Crippen LogP contribution is 2.17. The van der Waals surface area contributed by atoms with Gasteiger partial charge in [0.1, 0.15) is 18.2 Å². The molecule has 0 radical (unpaired) electrons. The Kier molecular flexibility index (Phi) is 4.33. The van der Waals surface area contributed by atoms with E-state index in [-0.39, 0.29) is 11.4 Å². The van der Waals surface area contributed by atoms with Gasteiger partial charge in [0.15, 0.2) is 4.96 Å². The Morgan fingerprint density at radius 1 is 1.03 bits per heavy atom. The Bertz CT molecular complexity index is 1440. The molecule has 0 atom stereocenters. The first kappa shape index (κ1) is 17.6. The smallest absolute Gasteiger partial charge is 0.274 e. The highest BCUT2D eigenvalue weighted by Gasteiger charge is 2.10. The maximum atomic E-state index is 13.2. The third-order valence-corrected chi connectivity index (χ3v) is 5.59. The number of hydrogen-bond acceptors (Lipinski definition) is 4. The van der Waals surface area contributed by atoms with Crippen LogP contribution in [0.1, 0.15) is 11.1 Å². The molecule has 2 aromatic heterocycles. The molecular formula is C23H15FN2O2S. The Morgan fingerprint density at radius 3 is 2.69 bits per heavy atom. The van der Waals surface area contributed by atoms with Gasteiger partial charge in [0.25, 0.3) is 5.56 Å². The molecule has 0 saturated heterocycles. The molecule has 29 heavy (non-hydrogen) atoms. The SMILES string of the molecule is O=c1c(=Cc2ccc(OCc3cccc(F)c3)cc2)sc2nc3ccccc3n12. The number of nitrogens with zero attached hydrogens (tertiary/aromatic N) is 2. The number of rotatable bonds is 4. The molecule has 3 aromatic carbocycles. The van der Waals surface area contributed by atoms with Gasteiger partial charge in [-0.05, 0) is 53.6 Å². The molecule has 142 valence electrons. The van der Waals surface area contributed by atoms with E-state index in [1.54, 1.807) is 10.5 Å². The maximum absolute atomic E-state index is 13.2. The fraction of sp³-hybridized carbons (Fsp3) is 0.0435. The lowest BCUT2D eigenvalue weighted by Gasteiger charge is -2.06. The molecule has 0 N–H and O–H groups in total. The first-order valence-corrected chi connectivity index (χ1v) is 9.88. The molecule has 0 aliphatic heterocycles. The van der Waals surface area contributed by atoms with Crippen LogP contribution < -0.4 is 14.8 Å². The van der Waals surface area contributed by atoms with E-state index in [0.717, 1.165) is 22.2 Å². The van der Waals surface area contributed by atoms with Crippen LogP contribution in [-0.2, 0) is 6.61 Å².